The van der Waals surface area contributed by atoms with Crippen molar-refractivity contribution in [3.05, 3.63) is 51.4 Å². The molecule has 0 spiro atoms. The molecule has 0 unspecified atom stereocenters. The van der Waals surface area contributed by atoms with E-state index < -0.39 is 11.6 Å². The predicted molar refractivity (Wildman–Crippen MR) is 104 cm³/mol. The van der Waals surface area contributed by atoms with Gasteiger partial charge in [0.05, 0.1) is 11.9 Å². The van der Waals surface area contributed by atoms with Gasteiger partial charge in [-0.2, -0.15) is 5.10 Å². The molecule has 0 saturated carbocycles. The van der Waals surface area contributed by atoms with Crippen LogP contribution in [-0.2, 0) is 4.79 Å². The van der Waals surface area contributed by atoms with E-state index in [0.29, 0.717) is 11.4 Å². The third-order valence-corrected chi connectivity index (χ3v) is 5.01. The Morgan fingerprint density at radius 3 is 2.69 bits per heavy atom. The maximum atomic E-state index is 12.6. The van der Waals surface area contributed by atoms with Crippen LogP contribution in [0.25, 0.3) is 0 Å². The highest BCUT2D eigenvalue weighted by molar-refractivity contribution is 6.33. The largest absolute Gasteiger partial charge is 0.369 e. The molecular formula is C19H23ClN4O2. The summed E-state index contributed by atoms with van der Waals surface area (Å²) in [5.41, 5.74) is 1.94. The highest BCUT2D eigenvalue weighted by atomic mass is 35.5. The summed E-state index contributed by atoms with van der Waals surface area (Å²) in [6, 6.07) is 6.72. The minimum Gasteiger partial charge on any atom is -0.369 e. The number of benzene rings is 1. The highest BCUT2D eigenvalue weighted by Crippen LogP contribution is 2.25. The summed E-state index contributed by atoms with van der Waals surface area (Å²) in [4.78, 5) is 27.2. The quantitative estimate of drug-likeness (QED) is 0.890. The van der Waals surface area contributed by atoms with Crippen molar-refractivity contribution in [2.45, 2.75) is 39.2 Å². The molecule has 7 heteroatoms. The van der Waals surface area contributed by atoms with Crippen LogP contribution in [0.2, 0.25) is 5.02 Å². The van der Waals surface area contributed by atoms with Crippen molar-refractivity contribution in [3.63, 3.8) is 0 Å². The lowest BCUT2D eigenvalue weighted by Gasteiger charge is -2.29. The normalized spacial score (nSPS) is 15.6. The molecular weight excluding hydrogens is 352 g/mol. The smallest absolute Gasteiger partial charge is 0.288 e. The van der Waals surface area contributed by atoms with Crippen molar-refractivity contribution in [1.82, 2.24) is 9.78 Å². The fourth-order valence-corrected chi connectivity index (χ4v) is 3.40. The molecule has 1 aliphatic heterocycles. The number of aromatic nitrogens is 2. The van der Waals surface area contributed by atoms with E-state index in [2.05, 4.69) is 15.3 Å². The zero-order valence-corrected chi connectivity index (χ0v) is 15.8. The summed E-state index contributed by atoms with van der Waals surface area (Å²) < 4.78 is 1.14. The Balaban J connectivity index is 1.80. The molecule has 0 bridgehead atoms. The maximum absolute atomic E-state index is 12.6. The first kappa shape index (κ1) is 18.5. The molecule has 1 saturated heterocycles. The third kappa shape index (κ3) is 3.90. The number of nitrogens with one attached hydrogen (secondary N) is 1. The van der Waals surface area contributed by atoms with Crippen LogP contribution in [-0.4, -0.2) is 28.8 Å². The van der Waals surface area contributed by atoms with E-state index in [1.54, 1.807) is 19.2 Å². The number of carbonyl (C=O) groups excluding carboxylic acids is 1. The summed E-state index contributed by atoms with van der Waals surface area (Å²) in [7, 11) is 0. The molecule has 2 aromatic rings. The molecule has 6 nitrogen and oxygen atoms in total. The van der Waals surface area contributed by atoms with Gasteiger partial charge in [-0.3, -0.25) is 9.59 Å². The zero-order chi connectivity index (χ0) is 18.7. The van der Waals surface area contributed by atoms with Gasteiger partial charge in [0.15, 0.2) is 0 Å². The van der Waals surface area contributed by atoms with Crippen LogP contribution in [0.3, 0.4) is 0 Å². The topological polar surface area (TPSA) is 67.2 Å². The Morgan fingerprint density at radius 1 is 1.27 bits per heavy atom. The molecule has 1 aromatic carbocycles. The van der Waals surface area contributed by atoms with Gasteiger partial charge in [0.1, 0.15) is 11.1 Å². The van der Waals surface area contributed by atoms with Crippen LogP contribution in [0.15, 0.2) is 35.3 Å². The van der Waals surface area contributed by atoms with Crippen LogP contribution < -0.4 is 15.8 Å². The van der Waals surface area contributed by atoms with Crippen molar-refractivity contribution in [2.24, 2.45) is 0 Å². The molecule has 1 aliphatic rings. The molecule has 0 radical (unpaired) electrons. The average molecular weight is 375 g/mol. The van der Waals surface area contributed by atoms with Crippen molar-refractivity contribution >= 4 is 28.9 Å². The number of halogens is 1. The number of piperidine rings is 1. The van der Waals surface area contributed by atoms with Gasteiger partial charge in [-0.15, -0.1) is 0 Å². The third-order valence-electron chi connectivity index (χ3n) is 4.65. The first-order valence-corrected chi connectivity index (χ1v) is 9.25. The van der Waals surface area contributed by atoms with E-state index in [0.717, 1.165) is 36.2 Å². The van der Waals surface area contributed by atoms with Crippen LogP contribution in [0.4, 0.5) is 11.4 Å². The molecule has 1 atom stereocenters. The van der Waals surface area contributed by atoms with Gasteiger partial charge in [-0.1, -0.05) is 23.7 Å². The summed E-state index contributed by atoms with van der Waals surface area (Å²) in [6.07, 6.45) is 4.93. The number of aryl methyl sites for hydroxylation is 1. The van der Waals surface area contributed by atoms with Gasteiger partial charge in [0.25, 0.3) is 5.56 Å². The second-order valence-electron chi connectivity index (χ2n) is 6.68. The van der Waals surface area contributed by atoms with E-state index in [9.17, 15) is 9.59 Å². The lowest BCUT2D eigenvalue weighted by atomic mass is 10.1. The number of carbonyl (C=O) groups is 1. The lowest BCUT2D eigenvalue weighted by molar-refractivity contribution is -0.119. The average Bonchev–Trinajstić information content (AvgIpc) is 2.64. The second kappa shape index (κ2) is 7.91. The zero-order valence-electron chi connectivity index (χ0n) is 15.0. The van der Waals surface area contributed by atoms with E-state index in [1.165, 1.54) is 6.42 Å². The number of hydrogen-bond donors (Lipinski definition) is 1. The van der Waals surface area contributed by atoms with Crippen molar-refractivity contribution in [3.8, 4) is 0 Å². The Morgan fingerprint density at radius 2 is 2.00 bits per heavy atom. The first-order chi connectivity index (χ1) is 12.5. The molecule has 26 heavy (non-hydrogen) atoms. The monoisotopic (exact) mass is 374 g/mol. The minimum absolute atomic E-state index is 0.122. The van der Waals surface area contributed by atoms with E-state index in [4.69, 9.17) is 11.6 Å². The molecule has 1 N–H and O–H groups in total. The summed E-state index contributed by atoms with van der Waals surface area (Å²) in [5.74, 6) is -0.313. The van der Waals surface area contributed by atoms with E-state index >= 15 is 0 Å². The second-order valence-corrected chi connectivity index (χ2v) is 7.05. The van der Waals surface area contributed by atoms with Gasteiger partial charge in [0, 0.05) is 18.8 Å². The van der Waals surface area contributed by atoms with Gasteiger partial charge < -0.3 is 10.2 Å². The predicted octanol–water partition coefficient (Wildman–Crippen LogP) is 3.40. The van der Waals surface area contributed by atoms with Gasteiger partial charge >= 0.3 is 0 Å². The fraction of sp³-hybridized carbons (Fsp3) is 0.421. The van der Waals surface area contributed by atoms with Gasteiger partial charge in [-0.05, 0) is 50.8 Å². The summed E-state index contributed by atoms with van der Waals surface area (Å²) in [6.45, 7) is 5.32. The Hall–Kier alpha value is -2.34. The van der Waals surface area contributed by atoms with Crippen LogP contribution in [0.1, 0.15) is 37.8 Å². The molecule has 1 amide bonds. The molecule has 3 rings (SSSR count). The fourth-order valence-electron chi connectivity index (χ4n) is 3.15. The molecule has 1 fully saturated rings. The Labute approximate surface area is 157 Å². The van der Waals surface area contributed by atoms with Crippen LogP contribution >= 0.6 is 11.6 Å². The molecule has 1 aromatic heterocycles. The number of rotatable bonds is 4. The number of nitrogens with zero attached hydrogens (tertiary/aromatic N) is 3. The molecule has 2 heterocycles. The van der Waals surface area contributed by atoms with Crippen molar-refractivity contribution in [1.29, 1.82) is 0 Å². The number of anilines is 2. The number of amides is 1. The van der Waals surface area contributed by atoms with Gasteiger partial charge in [-0.25, -0.2) is 4.68 Å². The Kier molecular flexibility index (Phi) is 5.61. The van der Waals surface area contributed by atoms with E-state index in [1.807, 2.05) is 25.1 Å². The van der Waals surface area contributed by atoms with E-state index in [-0.39, 0.29) is 10.9 Å². The highest BCUT2D eigenvalue weighted by Gasteiger charge is 2.22. The van der Waals surface area contributed by atoms with Crippen LogP contribution in [0.5, 0.6) is 0 Å². The summed E-state index contributed by atoms with van der Waals surface area (Å²) >= 11 is 6.31. The SMILES string of the molecule is Cc1cccc(NC(=O)[C@@H](C)n2ncc(N3CCCCC3)c(Cl)c2=O)c1. The Bertz CT molecular complexity index is 859. The maximum Gasteiger partial charge on any atom is 0.288 e. The van der Waals surface area contributed by atoms with Crippen molar-refractivity contribution in [2.75, 3.05) is 23.3 Å². The molecule has 0 aliphatic carbocycles. The standard InChI is InChI=1S/C19H23ClN4O2/c1-13-7-6-8-15(11-13)22-18(25)14(2)24-19(26)17(20)16(12-21-24)23-9-4-3-5-10-23/h6-8,11-12,14H,3-5,9-10H2,1-2H3,(H,22,25)/t14-/m1/s1. The van der Waals surface area contributed by atoms with Crippen LogP contribution in [0, 0.1) is 6.92 Å². The van der Waals surface area contributed by atoms with Crippen molar-refractivity contribution < 1.29 is 4.79 Å². The summed E-state index contributed by atoms with van der Waals surface area (Å²) in [5, 5.41) is 7.15. The first-order valence-electron chi connectivity index (χ1n) is 8.87. The minimum atomic E-state index is -0.768. The lowest BCUT2D eigenvalue weighted by Crippen LogP contribution is -2.36. The number of hydrogen-bond acceptors (Lipinski definition) is 4. The van der Waals surface area contributed by atoms with Gasteiger partial charge in [0.2, 0.25) is 5.91 Å². The molecule has 138 valence electrons.